The molecule has 1 N–H and O–H groups in total. The van der Waals surface area contributed by atoms with E-state index in [-0.39, 0.29) is 12.6 Å². The summed E-state index contributed by atoms with van der Waals surface area (Å²) in [6.07, 6.45) is 1.80. The Morgan fingerprint density at radius 3 is 2.62 bits per heavy atom. The summed E-state index contributed by atoms with van der Waals surface area (Å²) in [4.78, 5) is 16.8. The van der Waals surface area contributed by atoms with Crippen LogP contribution in [0.3, 0.4) is 0 Å². The van der Waals surface area contributed by atoms with Crippen molar-refractivity contribution in [3.05, 3.63) is 29.6 Å². The molecule has 0 aromatic carbocycles. The fraction of sp³-hybridized carbons (Fsp3) is 0.500. The molecule has 0 saturated heterocycles. The Hall–Kier alpha value is -1.42. The second kappa shape index (κ2) is 5.61. The number of aliphatic carboxylic acids is 1. The molecule has 0 bridgehead atoms. The van der Waals surface area contributed by atoms with E-state index in [0.717, 1.165) is 11.3 Å². The molecule has 0 fully saturated rings. The Morgan fingerprint density at radius 1 is 1.50 bits per heavy atom. The molecule has 1 rings (SSSR count). The average molecular weight is 222 g/mol. The van der Waals surface area contributed by atoms with Gasteiger partial charge < -0.3 is 5.11 Å². The number of hydrogen-bond donors (Lipinski definition) is 1. The molecule has 0 unspecified atom stereocenters. The molecule has 1 aromatic heterocycles. The van der Waals surface area contributed by atoms with Gasteiger partial charge in [0.15, 0.2) is 0 Å². The van der Waals surface area contributed by atoms with E-state index in [1.165, 1.54) is 0 Å². The predicted octanol–water partition coefficient (Wildman–Crippen LogP) is 1.69. The van der Waals surface area contributed by atoms with Gasteiger partial charge in [-0.1, -0.05) is 6.07 Å². The SMILES string of the molecule is Cc1ccc(CN(CC(=O)O)C(C)C)cn1. The predicted molar refractivity (Wildman–Crippen MR) is 62.2 cm³/mol. The van der Waals surface area contributed by atoms with E-state index in [4.69, 9.17) is 5.11 Å². The number of carbonyl (C=O) groups is 1. The summed E-state index contributed by atoms with van der Waals surface area (Å²) in [6.45, 7) is 6.60. The van der Waals surface area contributed by atoms with E-state index in [1.54, 1.807) is 6.20 Å². The monoisotopic (exact) mass is 222 g/mol. The second-order valence-electron chi connectivity index (χ2n) is 4.20. The Bertz CT molecular complexity index is 347. The Kier molecular flexibility index (Phi) is 4.43. The molecule has 1 aromatic rings. The van der Waals surface area contributed by atoms with Crippen LogP contribution in [0.25, 0.3) is 0 Å². The third kappa shape index (κ3) is 3.98. The van der Waals surface area contributed by atoms with Gasteiger partial charge in [-0.25, -0.2) is 0 Å². The van der Waals surface area contributed by atoms with Gasteiger partial charge in [0.25, 0.3) is 0 Å². The normalized spacial score (nSPS) is 11.1. The van der Waals surface area contributed by atoms with Crippen molar-refractivity contribution in [3.8, 4) is 0 Å². The first-order valence-electron chi connectivity index (χ1n) is 5.36. The highest BCUT2D eigenvalue weighted by atomic mass is 16.4. The summed E-state index contributed by atoms with van der Waals surface area (Å²) in [5.41, 5.74) is 2.01. The molecule has 0 radical (unpaired) electrons. The lowest BCUT2D eigenvalue weighted by molar-refractivity contribution is -0.138. The number of nitrogens with zero attached hydrogens (tertiary/aromatic N) is 2. The third-order valence-corrected chi connectivity index (χ3v) is 2.43. The summed E-state index contributed by atoms with van der Waals surface area (Å²) in [5.74, 6) is -0.797. The van der Waals surface area contributed by atoms with Crippen molar-refractivity contribution in [1.29, 1.82) is 0 Å². The molecular weight excluding hydrogens is 204 g/mol. The lowest BCUT2D eigenvalue weighted by Gasteiger charge is -2.24. The molecule has 0 aliphatic heterocycles. The molecular formula is C12H18N2O2. The maximum atomic E-state index is 10.7. The van der Waals surface area contributed by atoms with Crippen molar-refractivity contribution in [2.24, 2.45) is 0 Å². The van der Waals surface area contributed by atoms with E-state index in [0.29, 0.717) is 6.54 Å². The minimum absolute atomic E-state index is 0.0611. The first kappa shape index (κ1) is 12.6. The van der Waals surface area contributed by atoms with Crippen LogP contribution >= 0.6 is 0 Å². The van der Waals surface area contributed by atoms with Crippen LogP contribution in [0.1, 0.15) is 25.1 Å². The average Bonchev–Trinajstić information content (AvgIpc) is 2.19. The van der Waals surface area contributed by atoms with Crippen LogP contribution in [0.2, 0.25) is 0 Å². The van der Waals surface area contributed by atoms with Gasteiger partial charge in [-0.05, 0) is 32.4 Å². The number of aromatic nitrogens is 1. The number of carboxylic acid groups (broad SMARTS) is 1. The van der Waals surface area contributed by atoms with E-state index in [1.807, 2.05) is 37.8 Å². The number of carboxylic acids is 1. The smallest absolute Gasteiger partial charge is 0.317 e. The van der Waals surface area contributed by atoms with Crippen molar-refractivity contribution in [2.45, 2.75) is 33.4 Å². The van der Waals surface area contributed by atoms with Crippen LogP contribution in [0.15, 0.2) is 18.3 Å². The summed E-state index contributed by atoms with van der Waals surface area (Å²) in [5, 5.41) is 8.80. The molecule has 0 spiro atoms. The van der Waals surface area contributed by atoms with Gasteiger partial charge in [-0.15, -0.1) is 0 Å². The number of pyridine rings is 1. The van der Waals surface area contributed by atoms with E-state index < -0.39 is 5.97 Å². The molecule has 4 nitrogen and oxygen atoms in total. The van der Waals surface area contributed by atoms with Gasteiger partial charge in [-0.2, -0.15) is 0 Å². The molecule has 0 atom stereocenters. The van der Waals surface area contributed by atoms with E-state index >= 15 is 0 Å². The first-order chi connectivity index (χ1) is 7.49. The molecule has 0 amide bonds. The first-order valence-corrected chi connectivity index (χ1v) is 5.36. The minimum Gasteiger partial charge on any atom is -0.480 e. The van der Waals surface area contributed by atoms with Crippen LogP contribution in [0.5, 0.6) is 0 Å². The van der Waals surface area contributed by atoms with Crippen molar-refractivity contribution < 1.29 is 9.90 Å². The number of rotatable bonds is 5. The summed E-state index contributed by atoms with van der Waals surface area (Å²) < 4.78 is 0. The quantitative estimate of drug-likeness (QED) is 0.823. The molecule has 0 saturated carbocycles. The minimum atomic E-state index is -0.797. The van der Waals surface area contributed by atoms with Crippen molar-refractivity contribution in [3.63, 3.8) is 0 Å². The van der Waals surface area contributed by atoms with Crippen LogP contribution in [0.4, 0.5) is 0 Å². The Balaban J connectivity index is 2.67. The number of hydrogen-bond acceptors (Lipinski definition) is 3. The molecule has 88 valence electrons. The maximum Gasteiger partial charge on any atom is 0.317 e. The highest BCUT2D eigenvalue weighted by Gasteiger charge is 2.13. The van der Waals surface area contributed by atoms with Crippen LogP contribution in [-0.4, -0.2) is 33.5 Å². The lowest BCUT2D eigenvalue weighted by Crippen LogP contribution is -2.35. The highest BCUT2D eigenvalue weighted by molar-refractivity contribution is 5.69. The summed E-state index contributed by atoms with van der Waals surface area (Å²) in [7, 11) is 0. The second-order valence-corrected chi connectivity index (χ2v) is 4.20. The van der Waals surface area contributed by atoms with Crippen LogP contribution in [0, 0.1) is 6.92 Å². The van der Waals surface area contributed by atoms with Crippen LogP contribution < -0.4 is 0 Å². The number of aryl methyl sites for hydroxylation is 1. The Morgan fingerprint density at radius 2 is 2.19 bits per heavy atom. The maximum absolute atomic E-state index is 10.7. The Labute approximate surface area is 95.9 Å². The van der Waals surface area contributed by atoms with E-state index in [2.05, 4.69) is 4.98 Å². The van der Waals surface area contributed by atoms with Gasteiger partial charge in [0.05, 0.1) is 6.54 Å². The third-order valence-electron chi connectivity index (χ3n) is 2.43. The molecule has 0 aliphatic carbocycles. The van der Waals surface area contributed by atoms with E-state index in [9.17, 15) is 4.79 Å². The summed E-state index contributed by atoms with van der Waals surface area (Å²) >= 11 is 0. The largest absolute Gasteiger partial charge is 0.480 e. The zero-order valence-electron chi connectivity index (χ0n) is 9.97. The standard InChI is InChI=1S/C12H18N2O2/c1-9(2)14(8-12(15)16)7-11-5-4-10(3)13-6-11/h4-6,9H,7-8H2,1-3H3,(H,15,16). The highest BCUT2D eigenvalue weighted by Crippen LogP contribution is 2.07. The van der Waals surface area contributed by atoms with Gasteiger partial charge in [-0.3, -0.25) is 14.7 Å². The van der Waals surface area contributed by atoms with Gasteiger partial charge in [0, 0.05) is 24.5 Å². The van der Waals surface area contributed by atoms with Crippen molar-refractivity contribution in [1.82, 2.24) is 9.88 Å². The zero-order valence-corrected chi connectivity index (χ0v) is 9.97. The van der Waals surface area contributed by atoms with Gasteiger partial charge >= 0.3 is 5.97 Å². The molecule has 1 heterocycles. The lowest BCUT2D eigenvalue weighted by atomic mass is 10.2. The molecule has 4 heteroatoms. The zero-order chi connectivity index (χ0) is 12.1. The van der Waals surface area contributed by atoms with Gasteiger partial charge in [0.2, 0.25) is 0 Å². The topological polar surface area (TPSA) is 53.4 Å². The van der Waals surface area contributed by atoms with Crippen molar-refractivity contribution >= 4 is 5.97 Å². The fourth-order valence-electron chi connectivity index (χ4n) is 1.42. The summed E-state index contributed by atoms with van der Waals surface area (Å²) in [6, 6.07) is 4.13. The molecule has 16 heavy (non-hydrogen) atoms. The molecule has 0 aliphatic rings. The van der Waals surface area contributed by atoms with Crippen LogP contribution in [-0.2, 0) is 11.3 Å². The van der Waals surface area contributed by atoms with Crippen molar-refractivity contribution in [2.75, 3.05) is 6.54 Å². The van der Waals surface area contributed by atoms with Gasteiger partial charge in [0.1, 0.15) is 0 Å². The fourth-order valence-corrected chi connectivity index (χ4v) is 1.42.